The standard InChI is InChI=1S/C26H33BrN2O3/c1-4-24(26(31)28-21-10-5-6-11-21)29(16-20-9-7-8-18(2)14-20)25(30)17-32-22-12-13-23(27)19(3)15-22/h7-9,12-15,21,24H,4-6,10-11,16-17H2,1-3H3,(H,28,31)/t24-/m0/s1. The molecule has 2 amide bonds. The molecule has 0 aromatic heterocycles. The second-order valence-electron chi connectivity index (χ2n) is 8.62. The molecule has 0 bridgehead atoms. The Bertz CT molecular complexity index is 940. The summed E-state index contributed by atoms with van der Waals surface area (Å²) < 4.78 is 6.80. The van der Waals surface area contributed by atoms with Gasteiger partial charge in [-0.2, -0.15) is 0 Å². The second kappa shape index (κ2) is 11.5. The van der Waals surface area contributed by atoms with Crippen molar-refractivity contribution in [2.24, 2.45) is 0 Å². The van der Waals surface area contributed by atoms with Crippen molar-refractivity contribution in [3.63, 3.8) is 0 Å². The first kappa shape index (κ1) is 24.3. The van der Waals surface area contributed by atoms with Gasteiger partial charge >= 0.3 is 0 Å². The number of hydrogen-bond acceptors (Lipinski definition) is 3. The van der Waals surface area contributed by atoms with Crippen molar-refractivity contribution in [1.82, 2.24) is 10.2 Å². The summed E-state index contributed by atoms with van der Waals surface area (Å²) in [4.78, 5) is 28.1. The molecule has 2 aromatic carbocycles. The molecule has 0 unspecified atom stereocenters. The Hall–Kier alpha value is -2.34. The minimum atomic E-state index is -0.529. The van der Waals surface area contributed by atoms with Crippen LogP contribution in [0.25, 0.3) is 0 Å². The number of hydrogen-bond donors (Lipinski definition) is 1. The highest BCUT2D eigenvalue weighted by atomic mass is 79.9. The Balaban J connectivity index is 1.76. The fraction of sp³-hybridized carbons (Fsp3) is 0.462. The van der Waals surface area contributed by atoms with Gasteiger partial charge in [0.15, 0.2) is 6.61 Å². The summed E-state index contributed by atoms with van der Waals surface area (Å²) >= 11 is 3.48. The van der Waals surface area contributed by atoms with Crippen LogP contribution in [0.3, 0.4) is 0 Å². The van der Waals surface area contributed by atoms with Gasteiger partial charge in [-0.15, -0.1) is 0 Å². The molecular formula is C26H33BrN2O3. The van der Waals surface area contributed by atoms with Gasteiger partial charge in [-0.3, -0.25) is 9.59 Å². The summed E-state index contributed by atoms with van der Waals surface area (Å²) in [5.74, 6) is 0.374. The third-order valence-electron chi connectivity index (χ3n) is 6.01. The van der Waals surface area contributed by atoms with E-state index >= 15 is 0 Å². The number of carbonyl (C=O) groups is 2. The average molecular weight is 501 g/mol. The zero-order valence-electron chi connectivity index (χ0n) is 19.2. The Morgan fingerprint density at radius 3 is 2.56 bits per heavy atom. The van der Waals surface area contributed by atoms with Gasteiger partial charge in [0.1, 0.15) is 11.8 Å². The summed E-state index contributed by atoms with van der Waals surface area (Å²) in [6.07, 6.45) is 4.87. The van der Waals surface area contributed by atoms with Gasteiger partial charge in [0.2, 0.25) is 5.91 Å². The van der Waals surface area contributed by atoms with Crippen LogP contribution in [0.1, 0.15) is 55.7 Å². The summed E-state index contributed by atoms with van der Waals surface area (Å²) in [5, 5.41) is 3.17. The minimum Gasteiger partial charge on any atom is -0.484 e. The van der Waals surface area contributed by atoms with E-state index < -0.39 is 6.04 Å². The van der Waals surface area contributed by atoms with Crippen molar-refractivity contribution in [2.75, 3.05) is 6.61 Å². The van der Waals surface area contributed by atoms with E-state index in [1.54, 1.807) is 4.90 Å². The number of rotatable bonds is 9. The van der Waals surface area contributed by atoms with Gasteiger partial charge in [-0.1, -0.05) is 65.5 Å². The molecule has 1 fully saturated rings. The summed E-state index contributed by atoms with van der Waals surface area (Å²) in [6.45, 7) is 6.22. The molecule has 2 aromatic rings. The van der Waals surface area contributed by atoms with Gasteiger partial charge in [-0.05, 0) is 62.4 Å². The number of carbonyl (C=O) groups excluding carboxylic acids is 2. The van der Waals surface area contributed by atoms with Crippen LogP contribution in [-0.2, 0) is 16.1 Å². The number of nitrogens with one attached hydrogen (secondary N) is 1. The molecular weight excluding hydrogens is 468 g/mol. The Labute approximate surface area is 199 Å². The maximum atomic E-state index is 13.3. The quantitative estimate of drug-likeness (QED) is 0.507. The highest BCUT2D eigenvalue weighted by Gasteiger charge is 2.30. The average Bonchev–Trinajstić information content (AvgIpc) is 3.27. The van der Waals surface area contributed by atoms with Crippen molar-refractivity contribution >= 4 is 27.7 Å². The Morgan fingerprint density at radius 2 is 1.91 bits per heavy atom. The van der Waals surface area contributed by atoms with E-state index in [0.717, 1.165) is 46.8 Å². The lowest BCUT2D eigenvalue weighted by Crippen LogP contribution is -2.52. The van der Waals surface area contributed by atoms with Crippen LogP contribution in [0.5, 0.6) is 5.75 Å². The van der Waals surface area contributed by atoms with E-state index in [0.29, 0.717) is 18.7 Å². The van der Waals surface area contributed by atoms with Gasteiger partial charge in [-0.25, -0.2) is 0 Å². The molecule has 0 heterocycles. The topological polar surface area (TPSA) is 58.6 Å². The molecule has 0 spiro atoms. The minimum absolute atomic E-state index is 0.0695. The smallest absolute Gasteiger partial charge is 0.261 e. The second-order valence-corrected chi connectivity index (χ2v) is 9.48. The van der Waals surface area contributed by atoms with Crippen molar-refractivity contribution in [2.45, 2.75) is 71.5 Å². The zero-order valence-corrected chi connectivity index (χ0v) is 20.8. The number of amides is 2. The van der Waals surface area contributed by atoms with Crippen LogP contribution in [0.15, 0.2) is 46.9 Å². The highest BCUT2D eigenvalue weighted by Crippen LogP contribution is 2.22. The predicted molar refractivity (Wildman–Crippen MR) is 131 cm³/mol. The molecule has 1 aliphatic rings. The molecule has 1 atom stereocenters. The van der Waals surface area contributed by atoms with Crippen LogP contribution < -0.4 is 10.1 Å². The third-order valence-corrected chi connectivity index (χ3v) is 6.90. The molecule has 0 aliphatic heterocycles. The molecule has 1 aliphatic carbocycles. The lowest BCUT2D eigenvalue weighted by molar-refractivity contribution is -0.143. The molecule has 32 heavy (non-hydrogen) atoms. The van der Waals surface area contributed by atoms with Crippen molar-refractivity contribution in [3.05, 3.63) is 63.6 Å². The van der Waals surface area contributed by atoms with E-state index in [4.69, 9.17) is 4.74 Å². The fourth-order valence-corrected chi connectivity index (χ4v) is 4.48. The number of aryl methyl sites for hydroxylation is 2. The molecule has 5 nitrogen and oxygen atoms in total. The van der Waals surface area contributed by atoms with Crippen molar-refractivity contribution in [3.8, 4) is 5.75 Å². The first-order valence-corrected chi connectivity index (χ1v) is 12.2. The Morgan fingerprint density at radius 1 is 1.16 bits per heavy atom. The molecule has 172 valence electrons. The molecule has 0 radical (unpaired) electrons. The van der Waals surface area contributed by atoms with Crippen LogP contribution >= 0.6 is 15.9 Å². The molecule has 3 rings (SSSR count). The molecule has 0 saturated heterocycles. The number of nitrogens with zero attached hydrogens (tertiary/aromatic N) is 1. The van der Waals surface area contributed by atoms with Crippen molar-refractivity contribution in [1.29, 1.82) is 0 Å². The van der Waals surface area contributed by atoms with E-state index in [9.17, 15) is 9.59 Å². The number of halogens is 1. The zero-order chi connectivity index (χ0) is 23.1. The summed E-state index contributed by atoms with van der Waals surface area (Å²) in [6, 6.07) is 13.4. The van der Waals surface area contributed by atoms with E-state index in [1.807, 2.05) is 57.2 Å². The molecule has 1 saturated carbocycles. The lowest BCUT2D eigenvalue weighted by Gasteiger charge is -2.31. The fourth-order valence-electron chi connectivity index (χ4n) is 4.23. The molecule has 1 N–H and O–H groups in total. The normalized spacial score (nSPS) is 14.8. The third kappa shape index (κ3) is 6.58. The van der Waals surface area contributed by atoms with Crippen molar-refractivity contribution < 1.29 is 14.3 Å². The Kier molecular flexibility index (Phi) is 8.74. The van der Waals surface area contributed by atoms with Crippen LogP contribution in [0, 0.1) is 13.8 Å². The van der Waals surface area contributed by atoms with Crippen LogP contribution in [0.2, 0.25) is 0 Å². The maximum Gasteiger partial charge on any atom is 0.261 e. The first-order valence-electron chi connectivity index (χ1n) is 11.4. The SMILES string of the molecule is CC[C@@H](C(=O)NC1CCCC1)N(Cc1cccc(C)c1)C(=O)COc1ccc(Br)c(C)c1. The number of benzene rings is 2. The monoisotopic (exact) mass is 500 g/mol. The largest absolute Gasteiger partial charge is 0.484 e. The van der Waals surface area contributed by atoms with Gasteiger partial charge in [0.05, 0.1) is 0 Å². The van der Waals surface area contributed by atoms with Gasteiger partial charge < -0.3 is 15.0 Å². The summed E-state index contributed by atoms with van der Waals surface area (Å²) in [5.41, 5.74) is 3.17. The predicted octanol–water partition coefficient (Wildman–Crippen LogP) is 5.31. The highest BCUT2D eigenvalue weighted by molar-refractivity contribution is 9.10. The number of ether oxygens (including phenoxy) is 1. The van der Waals surface area contributed by atoms with E-state index in [1.165, 1.54) is 0 Å². The van der Waals surface area contributed by atoms with E-state index in [2.05, 4.69) is 27.3 Å². The first-order chi connectivity index (χ1) is 15.4. The van der Waals surface area contributed by atoms with Crippen LogP contribution in [0.4, 0.5) is 0 Å². The van der Waals surface area contributed by atoms with E-state index in [-0.39, 0.29) is 24.5 Å². The lowest BCUT2D eigenvalue weighted by atomic mass is 10.1. The maximum absolute atomic E-state index is 13.3. The van der Waals surface area contributed by atoms with Gasteiger partial charge in [0.25, 0.3) is 5.91 Å². The van der Waals surface area contributed by atoms with Gasteiger partial charge in [0, 0.05) is 17.1 Å². The summed E-state index contributed by atoms with van der Waals surface area (Å²) in [7, 11) is 0. The van der Waals surface area contributed by atoms with Crippen LogP contribution in [-0.4, -0.2) is 35.4 Å². The molecule has 6 heteroatoms.